The van der Waals surface area contributed by atoms with Crippen LogP contribution >= 0.6 is 11.8 Å². The van der Waals surface area contributed by atoms with Crippen molar-refractivity contribution in [1.82, 2.24) is 10.1 Å². The Kier molecular flexibility index (Phi) is 5.81. The molecule has 0 unspecified atom stereocenters. The van der Waals surface area contributed by atoms with Crippen LogP contribution in [0.3, 0.4) is 0 Å². The van der Waals surface area contributed by atoms with Crippen LogP contribution in [0.5, 0.6) is 11.5 Å². The van der Waals surface area contributed by atoms with E-state index in [9.17, 15) is 9.59 Å². The molecule has 10 heteroatoms. The van der Waals surface area contributed by atoms with Crippen LogP contribution in [0, 0.1) is 0 Å². The number of hydrogen-bond acceptors (Lipinski definition) is 7. The molecular formula is C21H21N4O5S+. The maximum atomic E-state index is 12.9. The molecule has 9 nitrogen and oxygen atoms in total. The minimum Gasteiger partial charge on any atom is -0.490 e. The summed E-state index contributed by atoms with van der Waals surface area (Å²) >= 11 is 1.34. The second kappa shape index (κ2) is 8.68. The van der Waals surface area contributed by atoms with Crippen LogP contribution in [0.25, 0.3) is 11.3 Å². The molecule has 3 N–H and O–H groups in total. The molecule has 3 aromatic rings. The number of fused-ring (bicyclic) bond motifs is 3. The lowest BCUT2D eigenvalue weighted by atomic mass is 10.0. The van der Waals surface area contributed by atoms with Gasteiger partial charge in [0, 0.05) is 10.7 Å². The number of benzene rings is 2. The summed E-state index contributed by atoms with van der Waals surface area (Å²) in [4.78, 5) is 26.6. The molecule has 0 spiro atoms. The van der Waals surface area contributed by atoms with E-state index in [-0.39, 0.29) is 5.56 Å². The molecule has 4 rings (SSSR count). The third kappa shape index (κ3) is 4.06. The van der Waals surface area contributed by atoms with E-state index < -0.39 is 18.7 Å². The topological polar surface area (TPSA) is 117 Å². The number of ether oxygens (including phenoxy) is 2. The summed E-state index contributed by atoms with van der Waals surface area (Å²) in [6, 6.07) is 12.8. The summed E-state index contributed by atoms with van der Waals surface area (Å²) in [7, 11) is 0. The molecule has 1 atom stereocenters. The summed E-state index contributed by atoms with van der Waals surface area (Å²) in [5.74, 6) is -0.327. The number of nitrogens with zero attached hydrogens (tertiary/aromatic N) is 2. The van der Waals surface area contributed by atoms with Gasteiger partial charge in [-0.05, 0) is 48.2 Å². The molecular weight excluding hydrogens is 420 g/mol. The number of hydrogen-bond donors (Lipinski definition) is 3. The third-order valence-corrected chi connectivity index (χ3v) is 5.28. The first-order valence-corrected chi connectivity index (χ1v) is 10.8. The highest BCUT2D eigenvalue weighted by Gasteiger charge is 2.37. The van der Waals surface area contributed by atoms with Gasteiger partial charge in [-0.3, -0.25) is 9.78 Å². The van der Waals surface area contributed by atoms with E-state index in [1.807, 2.05) is 37.4 Å². The molecule has 0 amide bonds. The highest BCUT2D eigenvalue weighted by atomic mass is 32.2. The number of rotatable bonds is 7. The van der Waals surface area contributed by atoms with Crippen LogP contribution < -0.4 is 25.0 Å². The normalized spacial score (nSPS) is 14.2. The molecule has 2 heterocycles. The van der Waals surface area contributed by atoms with Gasteiger partial charge >= 0.3 is 17.2 Å². The standard InChI is InChI=1S/C21H20N4O5S/c1-3-29-16-10-12(8-9-15(16)30-11-17(26)27)19-22-14-7-5-4-6-13(14)18-20(28)23-21(31-2)24-25(18)19/h4-10,19H,3,11H2,1-2H3,(H2,23,24,26,27,28)/p+1/t19-/m1/s1. The predicted octanol–water partition coefficient (Wildman–Crippen LogP) is 2.28. The van der Waals surface area contributed by atoms with Crippen LogP contribution in [0.4, 0.5) is 5.69 Å². The lowest BCUT2D eigenvalue weighted by Crippen LogP contribution is -2.55. The number of H-pyrrole nitrogens is 1. The number of aliphatic carboxylic acids is 1. The summed E-state index contributed by atoms with van der Waals surface area (Å²) in [6.45, 7) is 1.74. The first-order chi connectivity index (χ1) is 15.0. The van der Waals surface area contributed by atoms with Crippen molar-refractivity contribution in [2.24, 2.45) is 0 Å². The number of carboxylic acids is 1. The number of para-hydroxylation sites is 1. The highest BCUT2D eigenvalue weighted by Crippen LogP contribution is 2.35. The molecule has 0 saturated heterocycles. The molecule has 0 radical (unpaired) electrons. The molecule has 0 aliphatic carbocycles. The number of carbonyl (C=O) groups is 1. The average molecular weight is 441 g/mol. The van der Waals surface area contributed by atoms with E-state index >= 15 is 0 Å². The molecule has 2 aromatic carbocycles. The van der Waals surface area contributed by atoms with Gasteiger partial charge < -0.3 is 19.9 Å². The fourth-order valence-corrected chi connectivity index (χ4v) is 3.79. The van der Waals surface area contributed by atoms with Gasteiger partial charge in [-0.2, -0.15) is 0 Å². The maximum Gasteiger partial charge on any atom is 0.341 e. The predicted molar refractivity (Wildman–Crippen MR) is 115 cm³/mol. The van der Waals surface area contributed by atoms with E-state index in [1.165, 1.54) is 11.8 Å². The first-order valence-electron chi connectivity index (χ1n) is 9.59. The van der Waals surface area contributed by atoms with E-state index in [4.69, 9.17) is 14.6 Å². The van der Waals surface area contributed by atoms with Gasteiger partial charge in [0.15, 0.2) is 18.1 Å². The van der Waals surface area contributed by atoms with Crippen LogP contribution in [0.2, 0.25) is 0 Å². The Hall–Kier alpha value is -3.53. The molecule has 0 fully saturated rings. The molecule has 160 valence electrons. The summed E-state index contributed by atoms with van der Waals surface area (Å²) in [6.07, 6.45) is 1.36. The minimum absolute atomic E-state index is 0.232. The van der Waals surface area contributed by atoms with Crippen molar-refractivity contribution in [2.45, 2.75) is 18.2 Å². The fourth-order valence-electron chi connectivity index (χ4n) is 3.43. The van der Waals surface area contributed by atoms with E-state index in [0.717, 1.165) is 16.8 Å². The summed E-state index contributed by atoms with van der Waals surface area (Å²) in [5, 5.41) is 17.5. The Bertz CT molecular complexity index is 1200. The number of aromatic nitrogens is 3. The van der Waals surface area contributed by atoms with Crippen molar-refractivity contribution >= 4 is 23.4 Å². The number of aromatic amines is 1. The molecule has 1 aromatic heterocycles. The van der Waals surface area contributed by atoms with Crippen molar-refractivity contribution in [2.75, 3.05) is 24.8 Å². The second-order valence-electron chi connectivity index (χ2n) is 6.67. The molecule has 0 bridgehead atoms. The van der Waals surface area contributed by atoms with Gasteiger partial charge in [0.05, 0.1) is 17.9 Å². The largest absolute Gasteiger partial charge is 0.490 e. The first kappa shape index (κ1) is 20.7. The van der Waals surface area contributed by atoms with Crippen molar-refractivity contribution in [1.29, 1.82) is 0 Å². The van der Waals surface area contributed by atoms with Crippen molar-refractivity contribution in [3.8, 4) is 22.8 Å². The monoisotopic (exact) mass is 441 g/mol. The Labute approximate surface area is 182 Å². The van der Waals surface area contributed by atoms with E-state index in [2.05, 4.69) is 15.4 Å². The van der Waals surface area contributed by atoms with Gasteiger partial charge in [-0.1, -0.05) is 23.9 Å². The van der Waals surface area contributed by atoms with Crippen molar-refractivity contribution in [3.05, 3.63) is 58.4 Å². The average Bonchev–Trinajstić information content (AvgIpc) is 2.77. The van der Waals surface area contributed by atoms with E-state index in [1.54, 1.807) is 22.9 Å². The zero-order chi connectivity index (χ0) is 22.0. The van der Waals surface area contributed by atoms with Crippen LogP contribution in [0.15, 0.2) is 52.4 Å². The summed E-state index contributed by atoms with van der Waals surface area (Å²) < 4.78 is 12.7. The Morgan fingerprint density at radius 3 is 2.77 bits per heavy atom. The minimum atomic E-state index is -1.07. The van der Waals surface area contributed by atoms with Gasteiger partial charge in [-0.15, -0.1) is 0 Å². The van der Waals surface area contributed by atoms with Gasteiger partial charge in [0.1, 0.15) is 0 Å². The van der Waals surface area contributed by atoms with Crippen molar-refractivity contribution in [3.63, 3.8) is 0 Å². The lowest BCUT2D eigenvalue weighted by Gasteiger charge is -2.23. The maximum absolute atomic E-state index is 12.9. The fraction of sp³-hybridized carbons (Fsp3) is 0.238. The second-order valence-corrected chi connectivity index (χ2v) is 7.47. The lowest BCUT2D eigenvalue weighted by molar-refractivity contribution is -0.759. The summed E-state index contributed by atoms with van der Waals surface area (Å²) in [5.41, 5.74) is 2.55. The smallest absolute Gasteiger partial charge is 0.341 e. The quantitative estimate of drug-likeness (QED) is 0.378. The molecule has 1 aliphatic rings. The Morgan fingerprint density at radius 2 is 2.03 bits per heavy atom. The van der Waals surface area contributed by atoms with Crippen molar-refractivity contribution < 1.29 is 24.1 Å². The number of nitrogens with one attached hydrogen (secondary N) is 2. The van der Waals surface area contributed by atoms with Crippen LogP contribution in [0.1, 0.15) is 18.7 Å². The zero-order valence-corrected chi connectivity index (χ0v) is 17.7. The molecule has 31 heavy (non-hydrogen) atoms. The van der Waals surface area contributed by atoms with Crippen LogP contribution in [-0.4, -0.2) is 40.6 Å². The number of anilines is 1. The third-order valence-electron chi connectivity index (χ3n) is 4.71. The van der Waals surface area contributed by atoms with Gasteiger partial charge in [0.25, 0.3) is 6.17 Å². The zero-order valence-electron chi connectivity index (χ0n) is 16.9. The Balaban J connectivity index is 1.83. The van der Waals surface area contributed by atoms with E-state index in [0.29, 0.717) is 29.0 Å². The molecule has 1 aliphatic heterocycles. The SMILES string of the molecule is CCOc1cc([C@@H]2Nc3ccccc3-c3c(=O)[nH]c(SC)n[n+]32)ccc1OCC(=O)O. The Morgan fingerprint density at radius 1 is 1.23 bits per heavy atom. The van der Waals surface area contributed by atoms with Crippen LogP contribution in [-0.2, 0) is 4.79 Å². The van der Waals surface area contributed by atoms with Gasteiger partial charge in [0.2, 0.25) is 5.16 Å². The highest BCUT2D eigenvalue weighted by molar-refractivity contribution is 7.98. The van der Waals surface area contributed by atoms with Gasteiger partial charge in [-0.25, -0.2) is 4.79 Å². The number of thioether (sulfide) groups is 1. The number of carboxylic acid groups (broad SMARTS) is 1. The molecule has 0 saturated carbocycles.